The van der Waals surface area contributed by atoms with E-state index in [1.165, 1.54) is 18.2 Å². The van der Waals surface area contributed by atoms with Crippen LogP contribution in [0.15, 0.2) is 47.4 Å². The monoisotopic (exact) mass is 306 g/mol. The molecule has 0 fully saturated rings. The van der Waals surface area contributed by atoms with Crippen molar-refractivity contribution in [3.8, 4) is 6.07 Å². The minimum absolute atomic E-state index is 0.217. The summed E-state index contributed by atoms with van der Waals surface area (Å²) < 4.78 is 40.2. The number of hydrogen-bond donors (Lipinski definition) is 2. The first-order valence-electron chi connectivity index (χ1n) is 5.89. The van der Waals surface area contributed by atoms with Gasteiger partial charge in [0, 0.05) is 5.69 Å². The van der Waals surface area contributed by atoms with E-state index in [-0.39, 0.29) is 12.3 Å². The fourth-order valence-corrected chi connectivity index (χ4v) is 3.00. The molecule has 2 N–H and O–H groups in total. The molecular formula is C14H11FN2O3S. The van der Waals surface area contributed by atoms with Crippen LogP contribution in [0.1, 0.15) is 11.1 Å². The highest BCUT2D eigenvalue weighted by Gasteiger charge is 2.21. The number of rotatable bonds is 4. The largest absolute Gasteiger partial charge is 0.392 e. The SMILES string of the molecule is N#Cc1c(F)cccc1S(=O)(=O)Nc1cccc(CO)c1. The molecule has 0 aliphatic carbocycles. The summed E-state index contributed by atoms with van der Waals surface area (Å²) in [7, 11) is -4.10. The second kappa shape index (κ2) is 5.91. The minimum atomic E-state index is -4.10. The number of nitrogens with zero attached hydrogens (tertiary/aromatic N) is 1. The Labute approximate surface area is 121 Å². The summed E-state index contributed by atoms with van der Waals surface area (Å²) in [6, 6.07) is 11.1. The minimum Gasteiger partial charge on any atom is -0.392 e. The van der Waals surface area contributed by atoms with Crippen molar-refractivity contribution >= 4 is 15.7 Å². The molecule has 2 aromatic carbocycles. The molecule has 0 bridgehead atoms. The van der Waals surface area contributed by atoms with Crippen molar-refractivity contribution in [3.63, 3.8) is 0 Å². The molecule has 2 aromatic rings. The van der Waals surface area contributed by atoms with Gasteiger partial charge in [-0.1, -0.05) is 18.2 Å². The van der Waals surface area contributed by atoms with Crippen LogP contribution in [0.5, 0.6) is 0 Å². The predicted molar refractivity (Wildman–Crippen MR) is 74.3 cm³/mol. The van der Waals surface area contributed by atoms with Crippen molar-refractivity contribution in [3.05, 3.63) is 59.4 Å². The topological polar surface area (TPSA) is 90.2 Å². The van der Waals surface area contributed by atoms with Gasteiger partial charge in [-0.3, -0.25) is 4.72 Å². The molecule has 0 atom stereocenters. The van der Waals surface area contributed by atoms with Crippen LogP contribution in [-0.2, 0) is 16.6 Å². The van der Waals surface area contributed by atoms with Gasteiger partial charge in [-0.2, -0.15) is 5.26 Å². The summed E-state index contributed by atoms with van der Waals surface area (Å²) in [6.45, 7) is -0.237. The van der Waals surface area contributed by atoms with E-state index < -0.39 is 26.3 Å². The average Bonchev–Trinajstić information content (AvgIpc) is 2.46. The van der Waals surface area contributed by atoms with Crippen LogP contribution in [0.2, 0.25) is 0 Å². The molecule has 0 aliphatic rings. The summed E-state index contributed by atoms with van der Waals surface area (Å²) in [5.41, 5.74) is 0.202. The van der Waals surface area contributed by atoms with E-state index >= 15 is 0 Å². The zero-order valence-corrected chi connectivity index (χ0v) is 11.6. The molecule has 0 radical (unpaired) electrons. The number of benzene rings is 2. The van der Waals surface area contributed by atoms with E-state index in [0.29, 0.717) is 5.56 Å². The maximum atomic E-state index is 13.5. The highest BCUT2D eigenvalue weighted by atomic mass is 32.2. The van der Waals surface area contributed by atoms with E-state index in [2.05, 4.69) is 4.72 Å². The van der Waals surface area contributed by atoms with E-state index in [0.717, 1.165) is 12.1 Å². The number of halogens is 1. The van der Waals surface area contributed by atoms with Gasteiger partial charge in [0.15, 0.2) is 0 Å². The Kier molecular flexibility index (Phi) is 4.21. The van der Waals surface area contributed by atoms with Gasteiger partial charge in [0.2, 0.25) is 0 Å². The van der Waals surface area contributed by atoms with Crippen LogP contribution >= 0.6 is 0 Å². The predicted octanol–water partition coefficient (Wildman–Crippen LogP) is 1.99. The van der Waals surface area contributed by atoms with Gasteiger partial charge in [-0.25, -0.2) is 12.8 Å². The normalized spacial score (nSPS) is 10.9. The van der Waals surface area contributed by atoms with Gasteiger partial charge in [-0.05, 0) is 29.8 Å². The molecular weight excluding hydrogens is 295 g/mol. The number of anilines is 1. The summed E-state index contributed by atoms with van der Waals surface area (Å²) in [5, 5.41) is 17.9. The Morgan fingerprint density at radius 1 is 1.24 bits per heavy atom. The van der Waals surface area contributed by atoms with Crippen LogP contribution in [-0.4, -0.2) is 13.5 Å². The lowest BCUT2D eigenvalue weighted by Gasteiger charge is -2.10. The third kappa shape index (κ3) is 3.18. The molecule has 0 saturated carbocycles. The van der Waals surface area contributed by atoms with Gasteiger partial charge in [0.1, 0.15) is 22.3 Å². The molecule has 0 amide bonds. The molecule has 5 nitrogen and oxygen atoms in total. The summed E-state index contributed by atoms with van der Waals surface area (Å²) >= 11 is 0. The molecule has 0 unspecified atom stereocenters. The molecule has 0 spiro atoms. The van der Waals surface area contributed by atoms with E-state index in [1.54, 1.807) is 18.2 Å². The number of nitriles is 1. The maximum Gasteiger partial charge on any atom is 0.263 e. The summed E-state index contributed by atoms with van der Waals surface area (Å²) in [5.74, 6) is -0.899. The third-order valence-corrected chi connectivity index (χ3v) is 4.16. The average molecular weight is 306 g/mol. The molecule has 0 aromatic heterocycles. The van der Waals surface area contributed by atoms with Crippen LogP contribution in [0.25, 0.3) is 0 Å². The highest BCUT2D eigenvalue weighted by molar-refractivity contribution is 7.92. The lowest BCUT2D eigenvalue weighted by Crippen LogP contribution is -2.15. The Bertz CT molecular complexity index is 813. The molecule has 21 heavy (non-hydrogen) atoms. The van der Waals surface area contributed by atoms with Crippen molar-refractivity contribution in [1.82, 2.24) is 0 Å². The van der Waals surface area contributed by atoms with Gasteiger partial charge in [-0.15, -0.1) is 0 Å². The smallest absolute Gasteiger partial charge is 0.263 e. The first kappa shape index (κ1) is 15.0. The molecule has 0 aliphatic heterocycles. The number of aliphatic hydroxyl groups excluding tert-OH is 1. The Balaban J connectivity index is 2.44. The maximum absolute atomic E-state index is 13.5. The van der Waals surface area contributed by atoms with Crippen molar-refractivity contribution in [2.75, 3.05) is 4.72 Å². The molecule has 2 rings (SSSR count). The number of nitrogens with one attached hydrogen (secondary N) is 1. The van der Waals surface area contributed by atoms with Crippen molar-refractivity contribution < 1.29 is 17.9 Å². The molecule has 0 heterocycles. The lowest BCUT2D eigenvalue weighted by molar-refractivity contribution is 0.282. The van der Waals surface area contributed by atoms with Gasteiger partial charge in [0.05, 0.1) is 6.61 Å². The Hall–Kier alpha value is -2.43. The fourth-order valence-electron chi connectivity index (χ4n) is 1.78. The van der Waals surface area contributed by atoms with Crippen molar-refractivity contribution in [1.29, 1.82) is 5.26 Å². The zero-order chi connectivity index (χ0) is 15.5. The standard InChI is InChI=1S/C14H11FN2O3S/c15-13-5-2-6-14(12(13)8-16)21(19,20)17-11-4-1-3-10(7-11)9-18/h1-7,17-18H,9H2. The van der Waals surface area contributed by atoms with Crippen molar-refractivity contribution in [2.45, 2.75) is 11.5 Å². The van der Waals surface area contributed by atoms with Gasteiger partial charge in [0.25, 0.3) is 10.0 Å². The van der Waals surface area contributed by atoms with E-state index in [9.17, 15) is 12.8 Å². The molecule has 0 saturated heterocycles. The fraction of sp³-hybridized carbons (Fsp3) is 0.0714. The number of aliphatic hydroxyl groups is 1. The summed E-state index contributed by atoms with van der Waals surface area (Å²) in [6.07, 6.45) is 0. The van der Waals surface area contributed by atoms with E-state index in [4.69, 9.17) is 10.4 Å². The second-order valence-electron chi connectivity index (χ2n) is 4.19. The first-order valence-corrected chi connectivity index (χ1v) is 7.37. The first-order chi connectivity index (χ1) is 9.97. The van der Waals surface area contributed by atoms with Crippen LogP contribution < -0.4 is 4.72 Å². The Morgan fingerprint density at radius 2 is 1.95 bits per heavy atom. The van der Waals surface area contributed by atoms with Crippen LogP contribution in [0.4, 0.5) is 10.1 Å². The van der Waals surface area contributed by atoms with E-state index in [1.807, 2.05) is 0 Å². The highest BCUT2D eigenvalue weighted by Crippen LogP contribution is 2.21. The molecule has 108 valence electrons. The van der Waals surface area contributed by atoms with Gasteiger partial charge >= 0.3 is 0 Å². The lowest BCUT2D eigenvalue weighted by atomic mass is 10.2. The van der Waals surface area contributed by atoms with Crippen molar-refractivity contribution in [2.24, 2.45) is 0 Å². The zero-order valence-electron chi connectivity index (χ0n) is 10.7. The summed E-state index contributed by atoms with van der Waals surface area (Å²) in [4.78, 5) is -0.431. The van der Waals surface area contributed by atoms with Crippen LogP contribution in [0.3, 0.4) is 0 Å². The second-order valence-corrected chi connectivity index (χ2v) is 5.84. The molecule has 7 heteroatoms. The Morgan fingerprint density at radius 3 is 2.62 bits per heavy atom. The number of hydrogen-bond acceptors (Lipinski definition) is 4. The van der Waals surface area contributed by atoms with Crippen LogP contribution in [0, 0.1) is 17.1 Å². The third-order valence-electron chi connectivity index (χ3n) is 2.74. The van der Waals surface area contributed by atoms with Gasteiger partial charge < -0.3 is 5.11 Å². The quantitative estimate of drug-likeness (QED) is 0.904. The number of sulfonamides is 1.